The molecule has 0 atom stereocenters. The Morgan fingerprint density at radius 1 is 1.17 bits per heavy atom. The third-order valence-corrected chi connectivity index (χ3v) is 5.11. The van der Waals surface area contributed by atoms with Gasteiger partial charge in [0.1, 0.15) is 5.82 Å². The Morgan fingerprint density at radius 3 is 2.79 bits per heavy atom. The van der Waals surface area contributed by atoms with Gasteiger partial charge < -0.3 is 15.4 Å². The van der Waals surface area contributed by atoms with Gasteiger partial charge in [-0.05, 0) is 38.3 Å². The fraction of sp³-hybridized carbons (Fsp3) is 0.667. The molecular weight excluding hydrogens is 479 g/mol. The number of rotatable bonds is 9. The second kappa shape index (κ2) is 13.7. The van der Waals surface area contributed by atoms with Crippen LogP contribution in [-0.2, 0) is 11.2 Å². The summed E-state index contributed by atoms with van der Waals surface area (Å²) >= 11 is 0. The average molecular weight is 514 g/mol. The highest BCUT2D eigenvalue weighted by Crippen LogP contribution is 2.19. The summed E-state index contributed by atoms with van der Waals surface area (Å²) in [5, 5.41) is 15.2. The average Bonchev–Trinajstić information content (AvgIpc) is 2.94. The van der Waals surface area contributed by atoms with Gasteiger partial charge in [0.2, 0.25) is 0 Å². The lowest BCUT2D eigenvalue weighted by Gasteiger charge is -2.16. The highest BCUT2D eigenvalue weighted by atomic mass is 127. The summed E-state index contributed by atoms with van der Waals surface area (Å²) < 4.78 is 8.08. The number of hydrogen-bond donors (Lipinski definition) is 2. The number of halogens is 1. The molecule has 0 radical (unpaired) electrons. The van der Waals surface area contributed by atoms with Crippen molar-refractivity contribution in [2.24, 2.45) is 4.99 Å². The Balaban J connectivity index is 0.00000300. The molecule has 0 bridgehead atoms. The standard InChI is InChI=1S/C21H34N6O.HI/c1-2-22-21(24-15-17-28-18-10-5-3-4-6-11-18)23-14-9-13-20-26-25-19-12-7-8-16-27(19)20;/h7-8,12,16,18H,2-6,9-11,13-15,17H2,1H3,(H2,22,23,24);1H. The number of aryl methyl sites for hydroxylation is 1. The third kappa shape index (κ3) is 8.08. The van der Waals surface area contributed by atoms with Crippen LogP contribution >= 0.6 is 24.0 Å². The Bertz CT molecular complexity index is 727. The molecule has 0 spiro atoms. The molecular formula is C21H35IN6O. The molecule has 2 heterocycles. The third-order valence-electron chi connectivity index (χ3n) is 5.11. The van der Waals surface area contributed by atoms with Gasteiger partial charge in [0, 0.05) is 32.3 Å². The largest absolute Gasteiger partial charge is 0.376 e. The molecule has 0 unspecified atom stereocenters. The molecule has 7 nitrogen and oxygen atoms in total. The normalized spacial score (nSPS) is 15.7. The van der Waals surface area contributed by atoms with Crippen molar-refractivity contribution in [3.05, 3.63) is 30.2 Å². The van der Waals surface area contributed by atoms with Crippen molar-refractivity contribution in [2.75, 3.05) is 26.2 Å². The minimum atomic E-state index is 0. The van der Waals surface area contributed by atoms with Gasteiger partial charge in [0.05, 0.1) is 12.7 Å². The van der Waals surface area contributed by atoms with Crippen molar-refractivity contribution in [3.63, 3.8) is 0 Å². The minimum Gasteiger partial charge on any atom is -0.376 e. The van der Waals surface area contributed by atoms with E-state index in [1.54, 1.807) is 0 Å². The highest BCUT2D eigenvalue weighted by Gasteiger charge is 2.12. The molecule has 2 aromatic rings. The van der Waals surface area contributed by atoms with Crippen LogP contribution in [0.2, 0.25) is 0 Å². The topological polar surface area (TPSA) is 75.8 Å². The van der Waals surface area contributed by atoms with Crippen molar-refractivity contribution in [3.8, 4) is 0 Å². The summed E-state index contributed by atoms with van der Waals surface area (Å²) in [5.41, 5.74) is 0.893. The van der Waals surface area contributed by atoms with Crippen LogP contribution in [0.3, 0.4) is 0 Å². The minimum absolute atomic E-state index is 0. The van der Waals surface area contributed by atoms with Crippen LogP contribution in [0.25, 0.3) is 5.65 Å². The molecule has 29 heavy (non-hydrogen) atoms. The van der Waals surface area contributed by atoms with Crippen molar-refractivity contribution in [1.29, 1.82) is 0 Å². The number of fused-ring (bicyclic) bond motifs is 1. The zero-order valence-corrected chi connectivity index (χ0v) is 19.8. The molecule has 1 saturated carbocycles. The molecule has 1 fully saturated rings. The van der Waals surface area contributed by atoms with Crippen LogP contribution < -0.4 is 10.6 Å². The van der Waals surface area contributed by atoms with Crippen LogP contribution in [0.15, 0.2) is 29.4 Å². The fourth-order valence-corrected chi connectivity index (χ4v) is 3.63. The molecule has 0 aromatic carbocycles. The Labute approximate surface area is 191 Å². The number of aliphatic imine (C=N–C) groups is 1. The van der Waals surface area contributed by atoms with Crippen LogP contribution in [-0.4, -0.2) is 52.9 Å². The molecule has 0 saturated heterocycles. The Morgan fingerprint density at radius 2 is 2.00 bits per heavy atom. The maximum Gasteiger partial charge on any atom is 0.191 e. The van der Waals surface area contributed by atoms with Gasteiger partial charge in [0.15, 0.2) is 11.6 Å². The van der Waals surface area contributed by atoms with Crippen molar-refractivity contribution >= 4 is 35.6 Å². The highest BCUT2D eigenvalue weighted by molar-refractivity contribution is 14.0. The zero-order valence-electron chi connectivity index (χ0n) is 17.5. The number of nitrogens with one attached hydrogen (secondary N) is 2. The lowest BCUT2D eigenvalue weighted by Crippen LogP contribution is -2.39. The van der Waals surface area contributed by atoms with Gasteiger partial charge in [-0.1, -0.05) is 31.7 Å². The SMILES string of the molecule is CCNC(=NCCCc1nnc2ccccn12)NCCOC1CCCCCC1.I. The van der Waals surface area contributed by atoms with Crippen LogP contribution in [0.5, 0.6) is 0 Å². The lowest BCUT2D eigenvalue weighted by molar-refractivity contribution is 0.0468. The summed E-state index contributed by atoms with van der Waals surface area (Å²) in [6, 6.07) is 5.95. The molecule has 0 amide bonds. The predicted molar refractivity (Wildman–Crippen MR) is 128 cm³/mol. The maximum absolute atomic E-state index is 6.04. The fourth-order valence-electron chi connectivity index (χ4n) is 3.63. The van der Waals surface area contributed by atoms with E-state index in [1.807, 2.05) is 28.8 Å². The van der Waals surface area contributed by atoms with Gasteiger partial charge in [-0.3, -0.25) is 9.39 Å². The number of aromatic nitrogens is 3. The van der Waals surface area contributed by atoms with Crippen LogP contribution in [0, 0.1) is 0 Å². The monoisotopic (exact) mass is 514 g/mol. The second-order valence-electron chi connectivity index (χ2n) is 7.32. The van der Waals surface area contributed by atoms with Gasteiger partial charge >= 0.3 is 0 Å². The molecule has 162 valence electrons. The van der Waals surface area contributed by atoms with Gasteiger partial charge in [-0.25, -0.2) is 0 Å². The molecule has 0 aliphatic heterocycles. The smallest absolute Gasteiger partial charge is 0.191 e. The van der Waals surface area contributed by atoms with Gasteiger partial charge in [-0.2, -0.15) is 0 Å². The van der Waals surface area contributed by atoms with E-state index in [0.717, 1.165) is 56.5 Å². The number of guanidine groups is 1. The van der Waals surface area contributed by atoms with Gasteiger partial charge in [0.25, 0.3) is 0 Å². The molecule has 1 aliphatic carbocycles. The number of hydrogen-bond acceptors (Lipinski definition) is 4. The van der Waals surface area contributed by atoms with E-state index in [4.69, 9.17) is 4.74 Å². The molecule has 2 N–H and O–H groups in total. The van der Waals surface area contributed by atoms with Crippen LogP contribution in [0.1, 0.15) is 57.7 Å². The number of ether oxygens (including phenoxy) is 1. The second-order valence-corrected chi connectivity index (χ2v) is 7.32. The van der Waals surface area contributed by atoms with Crippen LogP contribution in [0.4, 0.5) is 0 Å². The van der Waals surface area contributed by atoms with E-state index in [9.17, 15) is 0 Å². The van der Waals surface area contributed by atoms with E-state index in [0.29, 0.717) is 6.10 Å². The first-order valence-electron chi connectivity index (χ1n) is 10.8. The van der Waals surface area contributed by atoms with Crippen molar-refractivity contribution in [1.82, 2.24) is 25.2 Å². The summed E-state index contributed by atoms with van der Waals surface area (Å²) in [6.07, 6.45) is 12.0. The summed E-state index contributed by atoms with van der Waals surface area (Å²) in [4.78, 5) is 4.67. The summed E-state index contributed by atoms with van der Waals surface area (Å²) in [7, 11) is 0. The first-order valence-corrected chi connectivity index (χ1v) is 10.8. The van der Waals surface area contributed by atoms with E-state index >= 15 is 0 Å². The molecule has 2 aromatic heterocycles. The number of nitrogens with zero attached hydrogens (tertiary/aromatic N) is 4. The van der Waals surface area contributed by atoms with E-state index in [1.165, 1.54) is 38.5 Å². The maximum atomic E-state index is 6.04. The summed E-state index contributed by atoms with van der Waals surface area (Å²) in [5.74, 6) is 1.85. The van der Waals surface area contributed by atoms with Crippen molar-refractivity contribution in [2.45, 2.75) is 64.4 Å². The first kappa shape index (κ1) is 23.9. The molecule has 1 aliphatic rings. The number of pyridine rings is 1. The predicted octanol–water partition coefficient (Wildman–Crippen LogP) is 3.57. The first-order chi connectivity index (χ1) is 13.9. The Hall–Kier alpha value is -1.42. The molecule has 8 heteroatoms. The van der Waals surface area contributed by atoms with E-state index in [2.05, 4.69) is 32.7 Å². The quantitative estimate of drug-likeness (QED) is 0.176. The zero-order chi connectivity index (χ0) is 19.4. The van der Waals surface area contributed by atoms with E-state index in [-0.39, 0.29) is 24.0 Å². The lowest BCUT2D eigenvalue weighted by atomic mass is 10.1. The summed E-state index contributed by atoms with van der Waals surface area (Å²) in [6.45, 7) is 5.21. The Kier molecular flexibility index (Phi) is 11.3. The molecule has 3 rings (SSSR count). The van der Waals surface area contributed by atoms with Crippen molar-refractivity contribution < 1.29 is 4.74 Å². The van der Waals surface area contributed by atoms with Gasteiger partial charge in [-0.15, -0.1) is 34.2 Å². The van der Waals surface area contributed by atoms with E-state index < -0.39 is 0 Å².